The van der Waals surface area contributed by atoms with Crippen LogP contribution in [0.2, 0.25) is 0 Å². The van der Waals surface area contributed by atoms with E-state index in [4.69, 9.17) is 10.8 Å². The first-order chi connectivity index (χ1) is 10.5. The number of nitrogens with zero attached hydrogens (tertiary/aromatic N) is 1. The van der Waals surface area contributed by atoms with Crippen LogP contribution >= 0.6 is 0 Å². The second-order valence-electron chi connectivity index (χ2n) is 6.25. The molecule has 1 fully saturated rings. The molecule has 0 spiro atoms. The molecular weight excluding hydrogens is 283 g/mol. The topological polar surface area (TPSA) is 68.2 Å². The number of halogens is 1. The van der Waals surface area contributed by atoms with E-state index in [0.29, 0.717) is 5.92 Å². The molecule has 1 aliphatic carbocycles. The van der Waals surface area contributed by atoms with Gasteiger partial charge in [-0.05, 0) is 62.3 Å². The van der Waals surface area contributed by atoms with Crippen molar-refractivity contribution in [3.8, 4) is 0 Å². The Labute approximate surface area is 128 Å². The lowest BCUT2D eigenvalue weighted by molar-refractivity contribution is -0.137. The van der Waals surface area contributed by atoms with Crippen LogP contribution in [0.25, 0.3) is 10.9 Å². The van der Waals surface area contributed by atoms with E-state index in [1.165, 1.54) is 12.1 Å². The lowest BCUT2D eigenvalue weighted by Gasteiger charge is -2.26. The lowest BCUT2D eigenvalue weighted by atomic mass is 9.81. The first-order valence-corrected chi connectivity index (χ1v) is 7.73. The number of hydrogen-bond acceptors (Lipinski definition) is 2. The monoisotopic (exact) mass is 304 g/mol. The number of carboxylic acid groups (broad SMARTS) is 1. The van der Waals surface area contributed by atoms with Gasteiger partial charge in [0.1, 0.15) is 12.4 Å². The molecule has 118 valence electrons. The molecule has 0 bridgehead atoms. The zero-order valence-electron chi connectivity index (χ0n) is 12.7. The predicted octanol–water partition coefficient (Wildman–Crippen LogP) is 3.16. The number of rotatable bonds is 3. The van der Waals surface area contributed by atoms with Crippen molar-refractivity contribution in [3.05, 3.63) is 35.3 Å². The summed E-state index contributed by atoms with van der Waals surface area (Å²) < 4.78 is 15.5. The highest BCUT2D eigenvalue weighted by Gasteiger charge is 2.26. The van der Waals surface area contributed by atoms with Crippen molar-refractivity contribution >= 4 is 16.9 Å². The van der Waals surface area contributed by atoms with Crippen molar-refractivity contribution in [3.63, 3.8) is 0 Å². The van der Waals surface area contributed by atoms with Crippen LogP contribution in [0.4, 0.5) is 4.39 Å². The van der Waals surface area contributed by atoms with Crippen molar-refractivity contribution in [2.24, 2.45) is 5.73 Å². The molecule has 3 rings (SSSR count). The molecule has 4 nitrogen and oxygen atoms in total. The van der Waals surface area contributed by atoms with Crippen LogP contribution < -0.4 is 5.73 Å². The summed E-state index contributed by atoms with van der Waals surface area (Å²) in [6.45, 7) is 1.84. The summed E-state index contributed by atoms with van der Waals surface area (Å²) >= 11 is 0. The number of aliphatic carboxylic acids is 1. The summed E-state index contributed by atoms with van der Waals surface area (Å²) in [7, 11) is 0. The van der Waals surface area contributed by atoms with E-state index in [2.05, 4.69) is 0 Å². The molecule has 1 heterocycles. The third-order valence-corrected chi connectivity index (χ3v) is 4.81. The number of carbonyl (C=O) groups is 1. The molecule has 0 atom stereocenters. The van der Waals surface area contributed by atoms with Crippen LogP contribution in [0.3, 0.4) is 0 Å². The van der Waals surface area contributed by atoms with Crippen molar-refractivity contribution < 1.29 is 14.3 Å². The van der Waals surface area contributed by atoms with Gasteiger partial charge in [0, 0.05) is 22.6 Å². The summed E-state index contributed by atoms with van der Waals surface area (Å²) in [6.07, 6.45) is 3.88. The van der Waals surface area contributed by atoms with E-state index in [9.17, 15) is 9.18 Å². The molecule has 3 N–H and O–H groups in total. The average Bonchev–Trinajstić information content (AvgIpc) is 2.72. The minimum atomic E-state index is -0.887. The summed E-state index contributed by atoms with van der Waals surface area (Å²) in [5.74, 6) is -0.838. The number of carboxylic acids is 1. The Kier molecular flexibility index (Phi) is 3.91. The zero-order chi connectivity index (χ0) is 15.9. The maximum Gasteiger partial charge on any atom is 0.323 e. The van der Waals surface area contributed by atoms with Crippen LogP contribution in [0.15, 0.2) is 18.2 Å². The van der Waals surface area contributed by atoms with E-state index >= 15 is 0 Å². The van der Waals surface area contributed by atoms with Crippen molar-refractivity contribution in [1.82, 2.24) is 4.57 Å². The van der Waals surface area contributed by atoms with Crippen molar-refractivity contribution in [1.29, 1.82) is 0 Å². The fourth-order valence-electron chi connectivity index (χ4n) is 3.74. The van der Waals surface area contributed by atoms with E-state index in [-0.39, 0.29) is 18.4 Å². The average molecular weight is 304 g/mol. The van der Waals surface area contributed by atoms with Gasteiger partial charge in [-0.1, -0.05) is 0 Å². The minimum Gasteiger partial charge on any atom is -0.480 e. The molecule has 1 aromatic heterocycles. The van der Waals surface area contributed by atoms with Gasteiger partial charge < -0.3 is 15.4 Å². The molecule has 1 aliphatic rings. The maximum absolute atomic E-state index is 13.7. The standard InChI is InChI=1S/C17H21FN2O2/c1-10-17(11-2-5-13(19)6-3-11)14-8-12(18)4-7-15(14)20(10)9-16(21)22/h4,7-8,11,13H,2-3,5-6,9,19H2,1H3,(H,21,22). The fourth-order valence-corrected chi connectivity index (χ4v) is 3.74. The van der Waals surface area contributed by atoms with Crippen LogP contribution in [0, 0.1) is 12.7 Å². The Morgan fingerprint density at radius 2 is 2.05 bits per heavy atom. The Hall–Kier alpha value is -1.88. The largest absolute Gasteiger partial charge is 0.480 e. The Bertz CT molecular complexity index is 715. The second kappa shape index (κ2) is 5.72. The van der Waals surface area contributed by atoms with Gasteiger partial charge in [-0.15, -0.1) is 0 Å². The normalized spacial score (nSPS) is 22.1. The molecule has 1 aromatic carbocycles. The molecule has 0 aliphatic heterocycles. The van der Waals surface area contributed by atoms with Gasteiger partial charge in [-0.2, -0.15) is 0 Å². The third kappa shape index (κ3) is 2.61. The minimum absolute atomic E-state index is 0.0970. The van der Waals surface area contributed by atoms with Crippen LogP contribution in [0.5, 0.6) is 0 Å². The van der Waals surface area contributed by atoms with Crippen molar-refractivity contribution in [2.75, 3.05) is 0 Å². The van der Waals surface area contributed by atoms with Gasteiger partial charge in [0.2, 0.25) is 0 Å². The highest BCUT2D eigenvalue weighted by Crippen LogP contribution is 2.39. The molecule has 1 saturated carbocycles. The van der Waals surface area contributed by atoms with Crippen LogP contribution in [-0.2, 0) is 11.3 Å². The molecule has 5 heteroatoms. The smallest absolute Gasteiger partial charge is 0.323 e. The quantitative estimate of drug-likeness (QED) is 0.915. The highest BCUT2D eigenvalue weighted by atomic mass is 19.1. The van der Waals surface area contributed by atoms with Crippen LogP contribution in [0.1, 0.15) is 42.9 Å². The number of nitrogens with two attached hydrogens (primary N) is 1. The summed E-state index contributed by atoms with van der Waals surface area (Å²) in [4.78, 5) is 11.1. The number of fused-ring (bicyclic) bond motifs is 1. The fraction of sp³-hybridized carbons (Fsp3) is 0.471. The Morgan fingerprint density at radius 1 is 1.36 bits per heavy atom. The van der Waals surface area contributed by atoms with Crippen LogP contribution in [-0.4, -0.2) is 21.7 Å². The van der Waals surface area contributed by atoms with Crippen molar-refractivity contribution in [2.45, 2.75) is 51.1 Å². The second-order valence-corrected chi connectivity index (χ2v) is 6.25. The third-order valence-electron chi connectivity index (χ3n) is 4.81. The molecule has 0 unspecified atom stereocenters. The van der Waals surface area contributed by atoms with Gasteiger partial charge in [0.15, 0.2) is 0 Å². The number of aromatic nitrogens is 1. The number of hydrogen-bond donors (Lipinski definition) is 2. The van der Waals surface area contributed by atoms with E-state index in [1.807, 2.05) is 6.92 Å². The predicted molar refractivity (Wildman–Crippen MR) is 83.5 cm³/mol. The SMILES string of the molecule is Cc1c(C2CCC(N)CC2)c2cc(F)ccc2n1CC(=O)O. The highest BCUT2D eigenvalue weighted by molar-refractivity contribution is 5.87. The van der Waals surface area contributed by atoms with Gasteiger partial charge in [0.05, 0.1) is 0 Å². The van der Waals surface area contributed by atoms with Gasteiger partial charge in [-0.25, -0.2) is 4.39 Å². The molecule has 22 heavy (non-hydrogen) atoms. The van der Waals surface area contributed by atoms with Gasteiger partial charge in [-0.3, -0.25) is 4.79 Å². The summed E-state index contributed by atoms with van der Waals surface area (Å²) in [6, 6.07) is 4.85. The molecule has 0 radical (unpaired) electrons. The molecule has 0 amide bonds. The zero-order valence-corrected chi connectivity index (χ0v) is 12.7. The molecule has 0 saturated heterocycles. The van der Waals surface area contributed by atoms with Gasteiger partial charge >= 0.3 is 5.97 Å². The lowest BCUT2D eigenvalue weighted by Crippen LogP contribution is -2.26. The number of benzene rings is 1. The first kappa shape index (κ1) is 15.0. The molecular formula is C17H21FN2O2. The van der Waals surface area contributed by atoms with E-state index in [1.54, 1.807) is 10.6 Å². The summed E-state index contributed by atoms with van der Waals surface area (Å²) in [5, 5.41) is 9.99. The Balaban J connectivity index is 2.13. The van der Waals surface area contributed by atoms with E-state index in [0.717, 1.165) is 47.8 Å². The maximum atomic E-state index is 13.7. The summed E-state index contributed by atoms with van der Waals surface area (Å²) in [5.41, 5.74) is 8.81. The van der Waals surface area contributed by atoms with E-state index < -0.39 is 5.97 Å². The Morgan fingerprint density at radius 3 is 2.68 bits per heavy atom. The first-order valence-electron chi connectivity index (χ1n) is 7.73. The van der Waals surface area contributed by atoms with Gasteiger partial charge in [0.25, 0.3) is 0 Å². The molecule has 2 aromatic rings.